The molecule has 3 rings (SSSR count). The number of Topliss-reactive ketones (excluding diaryl/α,β-unsaturated/α-hetero) is 2. The lowest BCUT2D eigenvalue weighted by atomic mass is 10.1. The fourth-order valence-corrected chi connectivity index (χ4v) is 2.92. The Balaban J connectivity index is 1.72. The van der Waals surface area contributed by atoms with Crippen LogP contribution in [0.2, 0.25) is 0 Å². The number of benzene rings is 1. The van der Waals surface area contributed by atoms with Gasteiger partial charge in [-0.2, -0.15) is 0 Å². The van der Waals surface area contributed by atoms with Crippen molar-refractivity contribution in [3.63, 3.8) is 0 Å². The van der Waals surface area contributed by atoms with Crippen molar-refractivity contribution < 1.29 is 18.7 Å². The third kappa shape index (κ3) is 3.77. The summed E-state index contributed by atoms with van der Waals surface area (Å²) in [6.45, 7) is 5.88. The lowest BCUT2D eigenvalue weighted by Gasteiger charge is -2.09. The van der Waals surface area contributed by atoms with Crippen LogP contribution in [0.15, 0.2) is 53.1 Å². The van der Waals surface area contributed by atoms with E-state index in [1.807, 2.05) is 36.6 Å². The van der Waals surface area contributed by atoms with E-state index in [2.05, 4.69) is 0 Å². The Morgan fingerprint density at radius 2 is 1.92 bits per heavy atom. The Labute approximate surface area is 152 Å². The second kappa shape index (κ2) is 7.44. The molecule has 0 atom stereocenters. The minimum Gasteiger partial charge on any atom is -0.485 e. The van der Waals surface area contributed by atoms with Crippen LogP contribution in [0.1, 0.15) is 44.8 Å². The molecule has 1 aromatic carbocycles. The molecule has 0 aliphatic rings. The highest BCUT2D eigenvalue weighted by atomic mass is 16.5. The van der Waals surface area contributed by atoms with E-state index in [9.17, 15) is 9.59 Å². The van der Waals surface area contributed by atoms with E-state index in [0.29, 0.717) is 23.4 Å². The van der Waals surface area contributed by atoms with Gasteiger partial charge in [0.15, 0.2) is 12.4 Å². The summed E-state index contributed by atoms with van der Waals surface area (Å²) in [5.74, 6) is 1.21. The second-order valence-corrected chi connectivity index (χ2v) is 6.25. The molecule has 0 saturated heterocycles. The first-order valence-electron chi connectivity index (χ1n) is 8.42. The average molecular weight is 351 g/mol. The molecule has 5 heteroatoms. The first-order chi connectivity index (χ1) is 12.5. The molecule has 3 aromatic rings. The zero-order valence-corrected chi connectivity index (χ0v) is 15.1. The van der Waals surface area contributed by atoms with Crippen molar-refractivity contribution in [2.45, 2.75) is 27.3 Å². The van der Waals surface area contributed by atoms with Crippen molar-refractivity contribution in [3.8, 4) is 5.75 Å². The molecule has 5 nitrogen and oxygen atoms in total. The molecule has 134 valence electrons. The predicted molar refractivity (Wildman–Crippen MR) is 98.0 cm³/mol. The van der Waals surface area contributed by atoms with Crippen LogP contribution in [0.3, 0.4) is 0 Å². The summed E-state index contributed by atoms with van der Waals surface area (Å²) in [7, 11) is 0. The maximum Gasteiger partial charge on any atom is 0.202 e. The Bertz CT molecular complexity index is 935. The summed E-state index contributed by atoms with van der Waals surface area (Å²) in [6, 6.07) is 12.5. The van der Waals surface area contributed by atoms with E-state index in [-0.39, 0.29) is 18.2 Å². The van der Waals surface area contributed by atoms with Crippen molar-refractivity contribution in [1.82, 2.24) is 4.57 Å². The van der Waals surface area contributed by atoms with Gasteiger partial charge in [0.1, 0.15) is 11.5 Å². The van der Waals surface area contributed by atoms with Crippen LogP contribution in [0.25, 0.3) is 0 Å². The highest BCUT2D eigenvalue weighted by molar-refractivity contribution is 5.98. The number of nitrogens with zero attached hydrogens (tertiary/aromatic N) is 1. The monoisotopic (exact) mass is 351 g/mol. The van der Waals surface area contributed by atoms with Crippen LogP contribution in [-0.2, 0) is 6.54 Å². The van der Waals surface area contributed by atoms with Gasteiger partial charge in [-0.15, -0.1) is 0 Å². The SMILES string of the molecule is CC(=O)c1cccc(OCC(=O)c2cc(C)n(Cc3ccco3)c2C)c1. The van der Waals surface area contributed by atoms with Crippen molar-refractivity contribution in [2.24, 2.45) is 0 Å². The third-order valence-electron chi connectivity index (χ3n) is 4.38. The van der Waals surface area contributed by atoms with Crippen LogP contribution < -0.4 is 4.74 Å². The molecule has 0 aliphatic carbocycles. The van der Waals surface area contributed by atoms with Gasteiger partial charge >= 0.3 is 0 Å². The Kier molecular flexibility index (Phi) is 5.07. The Morgan fingerprint density at radius 1 is 1.12 bits per heavy atom. The van der Waals surface area contributed by atoms with Crippen LogP contribution in [0, 0.1) is 13.8 Å². The van der Waals surface area contributed by atoms with Crippen LogP contribution in [-0.4, -0.2) is 22.7 Å². The highest BCUT2D eigenvalue weighted by Crippen LogP contribution is 2.19. The standard InChI is InChI=1S/C21H21NO4/c1-14-10-20(15(2)22(14)12-19-8-5-9-25-19)21(24)13-26-18-7-4-6-17(11-18)16(3)23/h4-11H,12-13H2,1-3H3. The molecule has 0 amide bonds. The van der Waals surface area contributed by atoms with Crippen molar-refractivity contribution >= 4 is 11.6 Å². The lowest BCUT2D eigenvalue weighted by Crippen LogP contribution is -2.13. The third-order valence-corrected chi connectivity index (χ3v) is 4.38. The average Bonchev–Trinajstić information content (AvgIpc) is 3.23. The number of ketones is 2. The van der Waals surface area contributed by atoms with E-state index in [4.69, 9.17) is 9.15 Å². The first-order valence-corrected chi connectivity index (χ1v) is 8.42. The number of ether oxygens (including phenoxy) is 1. The van der Waals surface area contributed by atoms with Gasteiger partial charge in [0.25, 0.3) is 0 Å². The van der Waals surface area contributed by atoms with Gasteiger partial charge in [-0.05, 0) is 51.1 Å². The number of rotatable bonds is 7. The quantitative estimate of drug-likeness (QED) is 0.598. The Hall–Kier alpha value is -3.08. The highest BCUT2D eigenvalue weighted by Gasteiger charge is 2.17. The molecule has 0 radical (unpaired) electrons. The van der Waals surface area contributed by atoms with Gasteiger partial charge in [-0.3, -0.25) is 9.59 Å². The van der Waals surface area contributed by atoms with E-state index in [1.54, 1.807) is 30.5 Å². The normalized spacial score (nSPS) is 10.7. The van der Waals surface area contributed by atoms with Gasteiger partial charge in [-0.1, -0.05) is 12.1 Å². The van der Waals surface area contributed by atoms with Crippen LogP contribution in [0.5, 0.6) is 5.75 Å². The summed E-state index contributed by atoms with van der Waals surface area (Å²) >= 11 is 0. The van der Waals surface area contributed by atoms with E-state index >= 15 is 0 Å². The molecular formula is C21H21NO4. The Morgan fingerprint density at radius 3 is 2.62 bits per heavy atom. The maximum atomic E-state index is 12.6. The van der Waals surface area contributed by atoms with Gasteiger partial charge in [-0.25, -0.2) is 0 Å². The molecule has 2 aromatic heterocycles. The zero-order valence-electron chi connectivity index (χ0n) is 15.1. The van der Waals surface area contributed by atoms with Gasteiger partial charge in [0, 0.05) is 22.5 Å². The van der Waals surface area contributed by atoms with Crippen LogP contribution in [0.4, 0.5) is 0 Å². The first kappa shape index (κ1) is 17.7. The molecule has 0 fully saturated rings. The van der Waals surface area contributed by atoms with Gasteiger partial charge < -0.3 is 13.7 Å². The van der Waals surface area contributed by atoms with E-state index in [1.165, 1.54) is 6.92 Å². The van der Waals surface area contributed by atoms with E-state index < -0.39 is 0 Å². The van der Waals surface area contributed by atoms with Crippen LogP contribution >= 0.6 is 0 Å². The van der Waals surface area contributed by atoms with Crippen molar-refractivity contribution in [3.05, 3.63) is 77.0 Å². The number of aryl methyl sites for hydroxylation is 1. The molecule has 2 heterocycles. The van der Waals surface area contributed by atoms with Gasteiger partial charge in [0.2, 0.25) is 5.78 Å². The molecule has 26 heavy (non-hydrogen) atoms. The number of hydrogen-bond acceptors (Lipinski definition) is 4. The predicted octanol–water partition coefficient (Wildman–Crippen LogP) is 4.21. The summed E-state index contributed by atoms with van der Waals surface area (Å²) in [5, 5.41) is 0. The molecule has 0 N–H and O–H groups in total. The number of aromatic nitrogens is 1. The molecule has 0 bridgehead atoms. The fourth-order valence-electron chi connectivity index (χ4n) is 2.92. The largest absolute Gasteiger partial charge is 0.485 e. The topological polar surface area (TPSA) is 61.4 Å². The second-order valence-electron chi connectivity index (χ2n) is 6.25. The fraction of sp³-hybridized carbons (Fsp3) is 0.238. The zero-order chi connectivity index (χ0) is 18.7. The minimum atomic E-state index is -0.1000. The molecule has 0 unspecified atom stereocenters. The number of carbonyl (C=O) groups excluding carboxylic acids is 2. The number of furan rings is 1. The number of carbonyl (C=O) groups is 2. The molecule has 0 spiro atoms. The lowest BCUT2D eigenvalue weighted by molar-refractivity contribution is 0.0920. The summed E-state index contributed by atoms with van der Waals surface area (Å²) in [4.78, 5) is 24.0. The van der Waals surface area contributed by atoms with Gasteiger partial charge in [0.05, 0.1) is 12.8 Å². The summed E-state index contributed by atoms with van der Waals surface area (Å²) in [6.07, 6.45) is 1.64. The molecule has 0 aliphatic heterocycles. The summed E-state index contributed by atoms with van der Waals surface area (Å²) < 4.78 is 13.0. The summed E-state index contributed by atoms with van der Waals surface area (Å²) in [5.41, 5.74) is 3.06. The maximum absolute atomic E-state index is 12.6. The smallest absolute Gasteiger partial charge is 0.202 e. The van der Waals surface area contributed by atoms with Crippen molar-refractivity contribution in [2.75, 3.05) is 6.61 Å². The minimum absolute atomic E-state index is 0.0387. The number of hydrogen-bond donors (Lipinski definition) is 0. The molecule has 0 saturated carbocycles. The van der Waals surface area contributed by atoms with E-state index in [0.717, 1.165) is 17.1 Å². The van der Waals surface area contributed by atoms with Crippen molar-refractivity contribution in [1.29, 1.82) is 0 Å². The molecular weight excluding hydrogens is 330 g/mol.